The van der Waals surface area contributed by atoms with E-state index in [9.17, 15) is 14.4 Å². The number of rotatable bonds is 9. The number of hydrogen-bond donors (Lipinski definition) is 0. The number of unbranched alkanes of at least 4 members (excludes halogenated alkanes) is 1. The lowest BCUT2D eigenvalue weighted by molar-refractivity contribution is -0.141. The van der Waals surface area contributed by atoms with E-state index in [-0.39, 0.29) is 18.4 Å². The van der Waals surface area contributed by atoms with E-state index in [1.807, 2.05) is 43.3 Å². The third kappa shape index (κ3) is 5.91. The summed E-state index contributed by atoms with van der Waals surface area (Å²) in [6.07, 6.45) is 6.51. The maximum absolute atomic E-state index is 12.5. The molecule has 0 bridgehead atoms. The first kappa shape index (κ1) is 22.1. The summed E-state index contributed by atoms with van der Waals surface area (Å²) < 4.78 is 15.1. The van der Waals surface area contributed by atoms with Gasteiger partial charge in [-0.2, -0.15) is 0 Å². The monoisotopic (exact) mass is 398 g/mol. The van der Waals surface area contributed by atoms with Gasteiger partial charge in [0.1, 0.15) is 0 Å². The van der Waals surface area contributed by atoms with Crippen LogP contribution in [0.1, 0.15) is 44.3 Å². The van der Waals surface area contributed by atoms with Crippen molar-refractivity contribution in [2.75, 3.05) is 14.2 Å². The summed E-state index contributed by atoms with van der Waals surface area (Å²) in [5.74, 6) is -1.45. The van der Waals surface area contributed by atoms with E-state index in [1.54, 1.807) is 12.2 Å². The Labute approximate surface area is 170 Å². The van der Waals surface area contributed by atoms with Gasteiger partial charge in [-0.1, -0.05) is 55.8 Å². The van der Waals surface area contributed by atoms with E-state index in [4.69, 9.17) is 9.47 Å². The zero-order chi connectivity index (χ0) is 21.2. The number of carbonyl (C=O) groups is 3. The van der Waals surface area contributed by atoms with Crippen molar-refractivity contribution in [1.29, 1.82) is 0 Å². The van der Waals surface area contributed by atoms with Gasteiger partial charge < -0.3 is 14.2 Å². The van der Waals surface area contributed by atoms with Gasteiger partial charge in [-0.05, 0) is 24.5 Å². The van der Waals surface area contributed by atoms with Crippen molar-refractivity contribution in [2.45, 2.75) is 38.7 Å². The van der Waals surface area contributed by atoms with Crippen LogP contribution in [0.5, 0.6) is 0 Å². The first-order valence-electron chi connectivity index (χ1n) is 9.54. The lowest BCUT2D eigenvalue weighted by atomic mass is 9.95. The summed E-state index contributed by atoms with van der Waals surface area (Å²) in [7, 11) is 2.56. The van der Waals surface area contributed by atoms with Crippen molar-refractivity contribution in [1.82, 2.24) is 0 Å². The molecule has 1 unspecified atom stereocenters. The number of cyclic esters (lactones) is 1. The molecule has 0 amide bonds. The molecule has 0 saturated heterocycles. The quantitative estimate of drug-likeness (QED) is 0.356. The normalized spacial score (nSPS) is 16.9. The van der Waals surface area contributed by atoms with Crippen LogP contribution in [0.15, 0.2) is 65.3 Å². The molecular weight excluding hydrogens is 372 g/mol. The van der Waals surface area contributed by atoms with Crippen LogP contribution in [0.4, 0.5) is 0 Å². The molecule has 0 N–H and O–H groups in total. The molecule has 0 aromatic heterocycles. The molecule has 1 heterocycles. The predicted octanol–water partition coefficient (Wildman–Crippen LogP) is 3.99. The Morgan fingerprint density at radius 1 is 1.10 bits per heavy atom. The Balaban J connectivity index is 2.51. The topological polar surface area (TPSA) is 78.9 Å². The summed E-state index contributed by atoms with van der Waals surface area (Å²) in [6, 6.07) is 9.30. The Hall–Kier alpha value is -3.15. The second kappa shape index (κ2) is 11.0. The fourth-order valence-electron chi connectivity index (χ4n) is 2.94. The molecule has 0 aliphatic carbocycles. The van der Waals surface area contributed by atoms with E-state index < -0.39 is 24.0 Å². The van der Waals surface area contributed by atoms with E-state index >= 15 is 0 Å². The molecule has 29 heavy (non-hydrogen) atoms. The van der Waals surface area contributed by atoms with Crippen LogP contribution in [-0.4, -0.2) is 32.1 Å². The lowest BCUT2D eigenvalue weighted by Crippen LogP contribution is -2.10. The van der Waals surface area contributed by atoms with E-state index in [0.717, 1.165) is 18.4 Å². The first-order chi connectivity index (χ1) is 14.0. The van der Waals surface area contributed by atoms with Crippen molar-refractivity contribution in [3.05, 3.63) is 70.8 Å². The number of ether oxygens (including phenoxy) is 3. The summed E-state index contributed by atoms with van der Waals surface area (Å²) in [5.41, 5.74) is 2.03. The van der Waals surface area contributed by atoms with Gasteiger partial charge in [0.05, 0.1) is 19.8 Å². The van der Waals surface area contributed by atoms with Gasteiger partial charge >= 0.3 is 17.9 Å². The molecule has 0 fully saturated rings. The van der Waals surface area contributed by atoms with Crippen molar-refractivity contribution in [3.63, 3.8) is 0 Å². The predicted molar refractivity (Wildman–Crippen MR) is 108 cm³/mol. The molecule has 0 saturated carbocycles. The number of methoxy groups -OCH3 is 2. The molecule has 0 spiro atoms. The Morgan fingerprint density at radius 2 is 1.83 bits per heavy atom. The number of benzene rings is 1. The van der Waals surface area contributed by atoms with Gasteiger partial charge in [-0.25, -0.2) is 9.59 Å². The molecule has 1 aromatic carbocycles. The molecule has 154 valence electrons. The summed E-state index contributed by atoms with van der Waals surface area (Å²) in [4.78, 5) is 36.4. The van der Waals surface area contributed by atoms with Crippen LogP contribution < -0.4 is 0 Å². The van der Waals surface area contributed by atoms with Crippen LogP contribution in [0.25, 0.3) is 0 Å². The number of allylic oxidation sites excluding steroid dienone is 1. The molecular formula is C23H26O6. The second-order valence-corrected chi connectivity index (χ2v) is 6.49. The van der Waals surface area contributed by atoms with E-state index in [0.29, 0.717) is 11.1 Å². The standard InChI is InChI=1S/C23H26O6/c1-4-5-7-12-18-19(15-17(22(25)28-3)13-14-20(24)27-2)21(29-23(18)26)16-10-8-6-9-11-16/h6-12,15,21H,4-5,13-14H2,1-3H3/b12-7+,17-15+. The van der Waals surface area contributed by atoms with Gasteiger partial charge in [0.15, 0.2) is 6.10 Å². The van der Waals surface area contributed by atoms with Crippen LogP contribution in [-0.2, 0) is 28.6 Å². The number of hydrogen-bond acceptors (Lipinski definition) is 6. The Morgan fingerprint density at radius 3 is 2.45 bits per heavy atom. The highest BCUT2D eigenvalue weighted by Crippen LogP contribution is 2.37. The molecule has 1 aromatic rings. The fourth-order valence-corrected chi connectivity index (χ4v) is 2.94. The fraction of sp³-hybridized carbons (Fsp3) is 0.348. The number of esters is 3. The van der Waals surface area contributed by atoms with Gasteiger partial charge in [0, 0.05) is 17.6 Å². The minimum Gasteiger partial charge on any atom is -0.469 e. The molecule has 1 aliphatic rings. The first-order valence-corrected chi connectivity index (χ1v) is 9.54. The van der Waals surface area contributed by atoms with E-state index in [1.165, 1.54) is 14.2 Å². The summed E-state index contributed by atoms with van der Waals surface area (Å²) in [6.45, 7) is 2.04. The second-order valence-electron chi connectivity index (χ2n) is 6.49. The summed E-state index contributed by atoms with van der Waals surface area (Å²) in [5, 5.41) is 0. The van der Waals surface area contributed by atoms with Crippen molar-refractivity contribution in [3.8, 4) is 0 Å². The zero-order valence-electron chi connectivity index (χ0n) is 17.0. The smallest absolute Gasteiger partial charge is 0.339 e. The van der Waals surface area contributed by atoms with E-state index in [2.05, 4.69) is 4.74 Å². The largest absolute Gasteiger partial charge is 0.469 e. The van der Waals surface area contributed by atoms with Crippen LogP contribution in [0.2, 0.25) is 0 Å². The maximum atomic E-state index is 12.5. The number of carbonyl (C=O) groups excluding carboxylic acids is 3. The minimum absolute atomic E-state index is 0.0243. The van der Waals surface area contributed by atoms with Crippen molar-refractivity contribution in [2.24, 2.45) is 0 Å². The molecule has 1 aliphatic heterocycles. The molecule has 2 rings (SSSR count). The average Bonchev–Trinajstić information content (AvgIpc) is 3.06. The molecule has 0 radical (unpaired) electrons. The lowest BCUT2D eigenvalue weighted by Gasteiger charge is -2.13. The molecule has 6 nitrogen and oxygen atoms in total. The van der Waals surface area contributed by atoms with Crippen molar-refractivity contribution >= 4 is 17.9 Å². The highest BCUT2D eigenvalue weighted by molar-refractivity contribution is 5.97. The third-order valence-corrected chi connectivity index (χ3v) is 4.48. The van der Waals surface area contributed by atoms with Gasteiger partial charge in [-0.3, -0.25) is 4.79 Å². The van der Waals surface area contributed by atoms with Crippen LogP contribution >= 0.6 is 0 Å². The summed E-state index contributed by atoms with van der Waals surface area (Å²) >= 11 is 0. The minimum atomic E-state index is -0.636. The Bertz CT molecular complexity index is 832. The van der Waals surface area contributed by atoms with Crippen molar-refractivity contribution < 1.29 is 28.6 Å². The van der Waals surface area contributed by atoms with Gasteiger partial charge in [0.25, 0.3) is 0 Å². The van der Waals surface area contributed by atoms with Gasteiger partial charge in [-0.15, -0.1) is 0 Å². The maximum Gasteiger partial charge on any atom is 0.339 e. The van der Waals surface area contributed by atoms with Crippen LogP contribution in [0, 0.1) is 0 Å². The van der Waals surface area contributed by atoms with Crippen LogP contribution in [0.3, 0.4) is 0 Å². The zero-order valence-corrected chi connectivity index (χ0v) is 17.0. The van der Waals surface area contributed by atoms with Gasteiger partial charge in [0.2, 0.25) is 0 Å². The average molecular weight is 398 g/mol. The molecule has 6 heteroatoms. The highest BCUT2D eigenvalue weighted by atomic mass is 16.5. The Kier molecular flexibility index (Phi) is 8.40. The molecule has 1 atom stereocenters. The highest BCUT2D eigenvalue weighted by Gasteiger charge is 2.33. The SMILES string of the molecule is CCC/C=C/C1=C(/C=C(\CCC(=O)OC)C(=O)OC)C(c2ccccc2)OC1=O. The third-order valence-electron chi connectivity index (χ3n) is 4.48.